The third kappa shape index (κ3) is 4.96. The van der Waals surface area contributed by atoms with Crippen molar-refractivity contribution < 1.29 is 0 Å². The predicted molar refractivity (Wildman–Crippen MR) is 99.9 cm³/mol. The van der Waals surface area contributed by atoms with Crippen LogP contribution >= 0.6 is 0 Å². The molecule has 0 unspecified atom stereocenters. The van der Waals surface area contributed by atoms with Gasteiger partial charge in [0.2, 0.25) is 0 Å². The Hall–Kier alpha value is -1.56. The molecule has 4 rings (SSSR count). The van der Waals surface area contributed by atoms with Crippen LogP contribution in [0.15, 0.2) is 60.7 Å². The van der Waals surface area contributed by atoms with Gasteiger partial charge < -0.3 is 0 Å². The Morgan fingerprint density at radius 2 is 0.783 bits per heavy atom. The van der Waals surface area contributed by atoms with E-state index in [2.05, 4.69) is 60.7 Å². The van der Waals surface area contributed by atoms with Crippen LogP contribution in [-0.2, 0) is 0 Å². The van der Waals surface area contributed by atoms with Gasteiger partial charge in [-0.1, -0.05) is 92.8 Å². The van der Waals surface area contributed by atoms with Gasteiger partial charge in [0.05, 0.1) is 0 Å². The van der Waals surface area contributed by atoms with Crippen LogP contribution in [0.5, 0.6) is 0 Å². The van der Waals surface area contributed by atoms with Crippen LogP contribution in [0.25, 0.3) is 0 Å². The standard InChI is InChI=1S/C12H16.C11H14/c1-3-7-11(8-4-1)12-9-5-2-6-10-12;1-2-6-10(7-3-1)11-8-4-5-9-11/h1,3-4,7-8,12H,2,5-6,9-10H2;1-3,6-7,11H,4-5,8-9H2. The van der Waals surface area contributed by atoms with Crippen molar-refractivity contribution in [2.75, 3.05) is 0 Å². The largest absolute Gasteiger partial charge is 0.0622 e. The molecule has 0 nitrogen and oxygen atoms in total. The second-order valence-electron chi connectivity index (χ2n) is 7.14. The van der Waals surface area contributed by atoms with Crippen LogP contribution in [0, 0.1) is 0 Å². The molecule has 2 saturated carbocycles. The quantitative estimate of drug-likeness (QED) is 0.556. The van der Waals surface area contributed by atoms with Gasteiger partial charge in [-0.3, -0.25) is 0 Å². The molecular formula is C23H30. The first-order valence-corrected chi connectivity index (χ1v) is 9.53. The van der Waals surface area contributed by atoms with Gasteiger partial charge in [0.25, 0.3) is 0 Å². The molecule has 122 valence electrons. The van der Waals surface area contributed by atoms with Crippen molar-refractivity contribution in [3.63, 3.8) is 0 Å². The van der Waals surface area contributed by atoms with E-state index in [1.165, 1.54) is 57.8 Å². The molecule has 0 aliphatic heterocycles. The molecule has 0 amide bonds. The van der Waals surface area contributed by atoms with E-state index in [9.17, 15) is 0 Å². The Labute approximate surface area is 141 Å². The van der Waals surface area contributed by atoms with Crippen molar-refractivity contribution in [2.45, 2.75) is 69.6 Å². The van der Waals surface area contributed by atoms with Crippen molar-refractivity contribution in [1.29, 1.82) is 0 Å². The van der Waals surface area contributed by atoms with E-state index >= 15 is 0 Å². The maximum Gasteiger partial charge on any atom is -0.0162 e. The number of rotatable bonds is 2. The molecule has 2 aromatic carbocycles. The van der Waals surface area contributed by atoms with Crippen molar-refractivity contribution in [2.24, 2.45) is 0 Å². The van der Waals surface area contributed by atoms with Crippen LogP contribution in [0.1, 0.15) is 80.8 Å². The van der Waals surface area contributed by atoms with E-state index in [1.54, 1.807) is 11.1 Å². The summed E-state index contributed by atoms with van der Waals surface area (Å²) in [4.78, 5) is 0. The zero-order chi connectivity index (χ0) is 15.7. The second kappa shape index (κ2) is 8.91. The smallest absolute Gasteiger partial charge is 0.0162 e. The predicted octanol–water partition coefficient (Wildman–Crippen LogP) is 7.08. The summed E-state index contributed by atoms with van der Waals surface area (Å²) in [6, 6.07) is 21.9. The van der Waals surface area contributed by atoms with E-state index in [0.29, 0.717) is 0 Å². The zero-order valence-electron chi connectivity index (χ0n) is 14.3. The summed E-state index contributed by atoms with van der Waals surface area (Å²) < 4.78 is 0. The molecule has 0 saturated heterocycles. The molecular weight excluding hydrogens is 276 g/mol. The lowest BCUT2D eigenvalue weighted by Crippen LogP contribution is -2.03. The summed E-state index contributed by atoms with van der Waals surface area (Å²) >= 11 is 0. The highest BCUT2D eigenvalue weighted by Crippen LogP contribution is 2.33. The molecule has 0 aromatic heterocycles. The van der Waals surface area contributed by atoms with Crippen LogP contribution < -0.4 is 0 Å². The number of hydrogen-bond acceptors (Lipinski definition) is 0. The van der Waals surface area contributed by atoms with Crippen LogP contribution in [0.4, 0.5) is 0 Å². The Morgan fingerprint density at radius 3 is 1.17 bits per heavy atom. The van der Waals surface area contributed by atoms with Crippen molar-refractivity contribution in [3.05, 3.63) is 71.8 Å². The second-order valence-corrected chi connectivity index (χ2v) is 7.14. The summed E-state index contributed by atoms with van der Waals surface area (Å²) in [5, 5.41) is 0. The molecule has 2 aliphatic rings. The highest BCUT2D eigenvalue weighted by Gasteiger charge is 2.16. The molecule has 0 spiro atoms. The molecule has 2 aromatic rings. The minimum atomic E-state index is 0.861. The lowest BCUT2D eigenvalue weighted by molar-refractivity contribution is 0.443. The Bertz CT molecular complexity index is 531. The van der Waals surface area contributed by atoms with Gasteiger partial charge in [-0.25, -0.2) is 0 Å². The maximum absolute atomic E-state index is 2.27. The minimum Gasteiger partial charge on any atom is -0.0622 e. The topological polar surface area (TPSA) is 0 Å². The summed E-state index contributed by atoms with van der Waals surface area (Å²) in [5.74, 6) is 1.73. The lowest BCUT2D eigenvalue weighted by Gasteiger charge is -2.21. The van der Waals surface area contributed by atoms with E-state index < -0.39 is 0 Å². The molecule has 2 fully saturated rings. The lowest BCUT2D eigenvalue weighted by atomic mass is 9.84. The molecule has 2 aliphatic carbocycles. The first kappa shape index (κ1) is 16.3. The fourth-order valence-electron chi connectivity index (χ4n) is 4.15. The van der Waals surface area contributed by atoms with E-state index in [0.717, 1.165) is 11.8 Å². The summed E-state index contributed by atoms with van der Waals surface area (Å²) in [6.07, 6.45) is 12.8. The van der Waals surface area contributed by atoms with Gasteiger partial charge >= 0.3 is 0 Å². The fraction of sp³-hybridized carbons (Fsp3) is 0.478. The SMILES string of the molecule is c1ccc(C2CCCC2)cc1.c1ccc(C2CCCCC2)cc1. The number of benzene rings is 2. The fourth-order valence-corrected chi connectivity index (χ4v) is 4.15. The molecule has 0 N–H and O–H groups in total. The van der Waals surface area contributed by atoms with Crippen molar-refractivity contribution in [1.82, 2.24) is 0 Å². The van der Waals surface area contributed by atoms with Gasteiger partial charge in [-0.2, -0.15) is 0 Å². The van der Waals surface area contributed by atoms with Gasteiger partial charge in [-0.15, -0.1) is 0 Å². The minimum absolute atomic E-state index is 0.861. The Kier molecular flexibility index (Phi) is 6.32. The van der Waals surface area contributed by atoms with Gasteiger partial charge in [0.15, 0.2) is 0 Å². The van der Waals surface area contributed by atoms with Gasteiger partial charge in [-0.05, 0) is 48.6 Å². The highest BCUT2D eigenvalue weighted by molar-refractivity contribution is 5.20. The average Bonchev–Trinajstić information content (AvgIpc) is 3.19. The van der Waals surface area contributed by atoms with E-state index in [4.69, 9.17) is 0 Å². The summed E-state index contributed by atoms with van der Waals surface area (Å²) in [5.41, 5.74) is 3.10. The molecule has 0 heteroatoms. The van der Waals surface area contributed by atoms with Gasteiger partial charge in [0.1, 0.15) is 0 Å². The van der Waals surface area contributed by atoms with Crippen LogP contribution in [-0.4, -0.2) is 0 Å². The Balaban J connectivity index is 0.000000136. The van der Waals surface area contributed by atoms with Crippen molar-refractivity contribution in [3.8, 4) is 0 Å². The zero-order valence-corrected chi connectivity index (χ0v) is 14.3. The van der Waals surface area contributed by atoms with Crippen molar-refractivity contribution >= 4 is 0 Å². The van der Waals surface area contributed by atoms with Crippen LogP contribution in [0.3, 0.4) is 0 Å². The Morgan fingerprint density at radius 1 is 0.435 bits per heavy atom. The molecule has 23 heavy (non-hydrogen) atoms. The summed E-state index contributed by atoms with van der Waals surface area (Å²) in [6.45, 7) is 0. The van der Waals surface area contributed by atoms with Crippen LogP contribution in [0.2, 0.25) is 0 Å². The average molecular weight is 306 g/mol. The monoisotopic (exact) mass is 306 g/mol. The molecule has 0 atom stereocenters. The number of hydrogen-bond donors (Lipinski definition) is 0. The van der Waals surface area contributed by atoms with Gasteiger partial charge in [0, 0.05) is 0 Å². The highest BCUT2D eigenvalue weighted by atomic mass is 14.2. The maximum atomic E-state index is 2.27. The third-order valence-corrected chi connectivity index (χ3v) is 5.50. The molecule has 0 radical (unpaired) electrons. The third-order valence-electron chi connectivity index (χ3n) is 5.50. The molecule has 0 heterocycles. The first-order chi connectivity index (χ1) is 11.4. The normalized spacial score (nSPS) is 19.1. The molecule has 0 bridgehead atoms. The summed E-state index contributed by atoms with van der Waals surface area (Å²) in [7, 11) is 0. The first-order valence-electron chi connectivity index (χ1n) is 9.53. The van der Waals surface area contributed by atoms with E-state index in [1.807, 2.05) is 0 Å². The van der Waals surface area contributed by atoms with E-state index in [-0.39, 0.29) is 0 Å².